The molecule has 0 radical (unpaired) electrons. The van der Waals surface area contributed by atoms with Crippen LogP contribution in [-0.4, -0.2) is 0 Å². The van der Waals surface area contributed by atoms with Gasteiger partial charge in [-0.3, -0.25) is 0 Å². The van der Waals surface area contributed by atoms with E-state index in [0.29, 0.717) is 11.8 Å². The van der Waals surface area contributed by atoms with Gasteiger partial charge in [-0.1, -0.05) is 83.2 Å². The molecular formula is C19H17BrS. The van der Waals surface area contributed by atoms with Gasteiger partial charge in [-0.2, -0.15) is 0 Å². The first-order valence-electron chi connectivity index (χ1n) is 7.48. The summed E-state index contributed by atoms with van der Waals surface area (Å²) in [7, 11) is 0. The van der Waals surface area contributed by atoms with E-state index in [9.17, 15) is 0 Å². The highest BCUT2D eigenvalue weighted by molar-refractivity contribution is 9.11. The molecule has 0 fully saturated rings. The van der Waals surface area contributed by atoms with Gasteiger partial charge in [-0.25, -0.2) is 0 Å². The molecule has 4 rings (SSSR count). The maximum absolute atomic E-state index is 3.63. The summed E-state index contributed by atoms with van der Waals surface area (Å²) in [5.41, 5.74) is 4.45. The summed E-state index contributed by atoms with van der Waals surface area (Å²) in [5.74, 6) is 1.17. The van der Waals surface area contributed by atoms with Crippen molar-refractivity contribution >= 4 is 33.3 Å². The molecular weight excluding hydrogens is 340 g/mol. The second-order valence-corrected chi connectivity index (χ2v) is 8.05. The van der Waals surface area contributed by atoms with Crippen molar-refractivity contribution in [1.29, 1.82) is 0 Å². The molecule has 21 heavy (non-hydrogen) atoms. The highest BCUT2D eigenvalue weighted by Gasteiger charge is 2.31. The summed E-state index contributed by atoms with van der Waals surface area (Å²) < 4.78 is 1.31. The highest BCUT2D eigenvalue weighted by Crippen LogP contribution is 2.54. The molecule has 3 aliphatic rings. The van der Waals surface area contributed by atoms with Crippen LogP contribution in [0.25, 0.3) is 5.57 Å². The Morgan fingerprint density at radius 2 is 2.10 bits per heavy atom. The van der Waals surface area contributed by atoms with Crippen LogP contribution in [0.5, 0.6) is 0 Å². The van der Waals surface area contributed by atoms with Crippen LogP contribution in [-0.2, 0) is 0 Å². The summed E-state index contributed by atoms with van der Waals surface area (Å²) in [6, 6.07) is 6.85. The third-order valence-corrected chi connectivity index (χ3v) is 6.44. The number of hydrogen-bond donors (Lipinski definition) is 0. The zero-order valence-corrected chi connectivity index (χ0v) is 14.4. The van der Waals surface area contributed by atoms with Gasteiger partial charge < -0.3 is 0 Å². The monoisotopic (exact) mass is 356 g/mol. The minimum Gasteiger partial charge on any atom is -0.0929 e. The van der Waals surface area contributed by atoms with E-state index >= 15 is 0 Å². The minimum atomic E-state index is 0.575. The standard InChI is InChI=1S/C19H17BrS/c1-12-11-13(20)9-10-14(12)16-6-4-7-17-15-5-2-3-8-18(15)21-19(16)17/h2-4,6-10,12,15H,5,11H2,1H3. The van der Waals surface area contributed by atoms with Crippen molar-refractivity contribution in [2.75, 3.05) is 0 Å². The van der Waals surface area contributed by atoms with E-state index in [0.717, 1.165) is 12.8 Å². The molecule has 0 saturated carbocycles. The fourth-order valence-electron chi connectivity index (χ4n) is 3.45. The normalized spacial score (nSPS) is 26.7. The lowest BCUT2D eigenvalue weighted by Crippen LogP contribution is -2.04. The number of allylic oxidation sites excluding steroid dienone is 8. The Morgan fingerprint density at radius 3 is 2.95 bits per heavy atom. The number of rotatable bonds is 1. The van der Waals surface area contributed by atoms with E-state index in [1.165, 1.54) is 31.0 Å². The van der Waals surface area contributed by atoms with Crippen molar-refractivity contribution < 1.29 is 0 Å². The van der Waals surface area contributed by atoms with E-state index in [1.54, 1.807) is 0 Å². The fourth-order valence-corrected chi connectivity index (χ4v) is 5.44. The zero-order valence-electron chi connectivity index (χ0n) is 12.0. The van der Waals surface area contributed by atoms with Crippen molar-refractivity contribution in [2.45, 2.75) is 30.6 Å². The third kappa shape index (κ3) is 2.29. The summed E-state index contributed by atoms with van der Waals surface area (Å²) in [6.07, 6.45) is 13.5. The molecule has 1 aliphatic heterocycles. The maximum atomic E-state index is 3.63. The molecule has 2 atom stereocenters. The Hall–Kier alpha value is -0.990. The van der Waals surface area contributed by atoms with Gasteiger partial charge in [-0.15, -0.1) is 0 Å². The van der Waals surface area contributed by atoms with Crippen LogP contribution in [0.3, 0.4) is 0 Å². The van der Waals surface area contributed by atoms with Crippen LogP contribution >= 0.6 is 27.7 Å². The predicted molar refractivity (Wildman–Crippen MR) is 95.6 cm³/mol. The van der Waals surface area contributed by atoms with Gasteiger partial charge in [-0.05, 0) is 44.8 Å². The molecule has 0 amide bonds. The lowest BCUT2D eigenvalue weighted by atomic mass is 9.85. The number of fused-ring (bicyclic) bond motifs is 3. The van der Waals surface area contributed by atoms with Crippen molar-refractivity contribution in [2.24, 2.45) is 5.92 Å². The Bertz CT molecular complexity index is 721. The van der Waals surface area contributed by atoms with Gasteiger partial charge in [0, 0.05) is 10.8 Å². The summed E-state index contributed by atoms with van der Waals surface area (Å²) in [6.45, 7) is 2.33. The van der Waals surface area contributed by atoms with Gasteiger partial charge in [0.25, 0.3) is 0 Å². The summed E-state index contributed by atoms with van der Waals surface area (Å²) in [4.78, 5) is 3.00. The van der Waals surface area contributed by atoms with Gasteiger partial charge in [0.05, 0.1) is 0 Å². The molecule has 1 heterocycles. The van der Waals surface area contributed by atoms with Crippen LogP contribution in [0.2, 0.25) is 0 Å². The average Bonchev–Trinajstić information content (AvgIpc) is 2.86. The second-order valence-electron chi connectivity index (χ2n) is 5.95. The maximum Gasteiger partial charge on any atom is 0.0233 e. The summed E-state index contributed by atoms with van der Waals surface area (Å²) >= 11 is 5.61. The fraction of sp³-hybridized carbons (Fsp3) is 0.263. The molecule has 0 spiro atoms. The van der Waals surface area contributed by atoms with E-state index in [2.05, 4.69) is 71.4 Å². The third-order valence-electron chi connectivity index (χ3n) is 4.54. The number of hydrogen-bond acceptors (Lipinski definition) is 1. The molecule has 0 aromatic heterocycles. The minimum absolute atomic E-state index is 0.575. The molecule has 2 aliphatic carbocycles. The van der Waals surface area contributed by atoms with Crippen LogP contribution in [0.4, 0.5) is 0 Å². The molecule has 0 N–H and O–H groups in total. The zero-order chi connectivity index (χ0) is 14.4. The smallest absolute Gasteiger partial charge is 0.0233 e. The van der Waals surface area contributed by atoms with E-state index in [1.807, 2.05) is 11.8 Å². The first-order chi connectivity index (χ1) is 10.2. The first kappa shape index (κ1) is 13.7. The predicted octanol–water partition coefficient (Wildman–Crippen LogP) is 6.42. The molecule has 1 aromatic rings. The topological polar surface area (TPSA) is 0 Å². The lowest BCUT2D eigenvalue weighted by molar-refractivity contribution is 0.749. The van der Waals surface area contributed by atoms with Crippen molar-refractivity contribution in [3.05, 3.63) is 69.1 Å². The highest BCUT2D eigenvalue weighted by atomic mass is 79.9. The SMILES string of the molecule is CC1CC(Br)=CC=C1c1cccc2c1SC1=CC=CCC12. The number of thioether (sulfide) groups is 1. The number of halogens is 1. The van der Waals surface area contributed by atoms with Crippen molar-refractivity contribution in [3.8, 4) is 0 Å². The van der Waals surface area contributed by atoms with Crippen molar-refractivity contribution in [1.82, 2.24) is 0 Å². The molecule has 106 valence electrons. The van der Waals surface area contributed by atoms with Gasteiger partial charge in [0.15, 0.2) is 0 Å². The summed E-state index contributed by atoms with van der Waals surface area (Å²) in [5, 5.41) is 0. The quantitative estimate of drug-likeness (QED) is 0.559. The molecule has 1 aromatic carbocycles. The van der Waals surface area contributed by atoms with E-state index in [-0.39, 0.29) is 0 Å². The van der Waals surface area contributed by atoms with Crippen LogP contribution in [0, 0.1) is 5.92 Å². The lowest BCUT2D eigenvalue weighted by Gasteiger charge is -2.21. The Kier molecular flexibility index (Phi) is 3.47. The molecule has 0 bridgehead atoms. The van der Waals surface area contributed by atoms with E-state index < -0.39 is 0 Å². The van der Waals surface area contributed by atoms with Crippen LogP contribution in [0.1, 0.15) is 36.8 Å². The van der Waals surface area contributed by atoms with Crippen LogP contribution in [0.15, 0.2) is 62.9 Å². The Balaban J connectivity index is 1.82. The average molecular weight is 357 g/mol. The molecule has 0 nitrogen and oxygen atoms in total. The Morgan fingerprint density at radius 1 is 1.19 bits per heavy atom. The Labute approximate surface area is 138 Å². The van der Waals surface area contributed by atoms with E-state index in [4.69, 9.17) is 0 Å². The molecule has 2 heteroatoms. The second kappa shape index (κ2) is 5.33. The van der Waals surface area contributed by atoms with Gasteiger partial charge in [0.2, 0.25) is 0 Å². The molecule has 2 unspecified atom stereocenters. The first-order valence-corrected chi connectivity index (χ1v) is 9.09. The largest absolute Gasteiger partial charge is 0.0929 e. The van der Waals surface area contributed by atoms with Crippen molar-refractivity contribution in [3.63, 3.8) is 0 Å². The molecule has 0 saturated heterocycles. The van der Waals surface area contributed by atoms with Gasteiger partial charge >= 0.3 is 0 Å². The van der Waals surface area contributed by atoms with Gasteiger partial charge in [0.1, 0.15) is 0 Å². The van der Waals surface area contributed by atoms with Crippen LogP contribution < -0.4 is 0 Å². The number of benzene rings is 1.